The molecule has 0 saturated heterocycles. The standard InChI is InChI=1S/C10H12ClN/c1-3-10(12)8-5-4-7(2)9(11)6-8/h3-6,10H,1,12H2,2H3/t10-/m0/s1. The Kier molecular flexibility index (Phi) is 2.90. The van der Waals surface area contributed by atoms with Crippen LogP contribution in [0.4, 0.5) is 0 Å². The topological polar surface area (TPSA) is 26.0 Å². The molecule has 0 radical (unpaired) electrons. The van der Waals surface area contributed by atoms with Gasteiger partial charge in [0.25, 0.3) is 0 Å². The van der Waals surface area contributed by atoms with Gasteiger partial charge >= 0.3 is 0 Å². The average Bonchev–Trinajstić information content (AvgIpc) is 2.08. The van der Waals surface area contributed by atoms with Crippen molar-refractivity contribution in [1.29, 1.82) is 0 Å². The molecule has 0 heterocycles. The largest absolute Gasteiger partial charge is 0.321 e. The number of nitrogens with two attached hydrogens (primary N) is 1. The van der Waals surface area contributed by atoms with E-state index in [-0.39, 0.29) is 6.04 Å². The lowest BCUT2D eigenvalue weighted by atomic mass is 10.1. The van der Waals surface area contributed by atoms with Crippen LogP contribution in [0.1, 0.15) is 17.2 Å². The van der Waals surface area contributed by atoms with Crippen LogP contribution in [0.3, 0.4) is 0 Å². The molecule has 0 fully saturated rings. The lowest BCUT2D eigenvalue weighted by Crippen LogP contribution is -2.06. The summed E-state index contributed by atoms with van der Waals surface area (Å²) in [5, 5.41) is 0.754. The Morgan fingerprint density at radius 2 is 2.25 bits per heavy atom. The molecule has 2 N–H and O–H groups in total. The fourth-order valence-electron chi connectivity index (χ4n) is 0.953. The molecule has 0 bridgehead atoms. The number of halogens is 1. The number of hydrogen-bond donors (Lipinski definition) is 1. The second-order valence-electron chi connectivity index (χ2n) is 2.77. The highest BCUT2D eigenvalue weighted by molar-refractivity contribution is 6.31. The van der Waals surface area contributed by atoms with Crippen molar-refractivity contribution >= 4 is 11.6 Å². The molecule has 12 heavy (non-hydrogen) atoms. The molecule has 0 saturated carbocycles. The first-order valence-corrected chi connectivity index (χ1v) is 4.17. The highest BCUT2D eigenvalue weighted by Crippen LogP contribution is 2.20. The molecule has 64 valence electrons. The molecule has 1 aromatic carbocycles. The van der Waals surface area contributed by atoms with E-state index in [0.717, 1.165) is 16.1 Å². The number of hydrogen-bond acceptors (Lipinski definition) is 1. The molecule has 1 aromatic rings. The minimum Gasteiger partial charge on any atom is -0.321 e. The predicted octanol–water partition coefficient (Wildman–Crippen LogP) is 2.83. The van der Waals surface area contributed by atoms with Crippen molar-refractivity contribution in [2.75, 3.05) is 0 Å². The van der Waals surface area contributed by atoms with Crippen molar-refractivity contribution in [2.24, 2.45) is 5.73 Å². The number of rotatable bonds is 2. The summed E-state index contributed by atoms with van der Waals surface area (Å²) in [6.07, 6.45) is 1.70. The second-order valence-corrected chi connectivity index (χ2v) is 3.18. The van der Waals surface area contributed by atoms with Crippen LogP contribution in [0.2, 0.25) is 5.02 Å². The normalized spacial score (nSPS) is 12.6. The molecule has 0 aromatic heterocycles. The lowest BCUT2D eigenvalue weighted by Gasteiger charge is -2.07. The summed E-state index contributed by atoms with van der Waals surface area (Å²) in [4.78, 5) is 0. The summed E-state index contributed by atoms with van der Waals surface area (Å²) in [6.45, 7) is 5.58. The minimum absolute atomic E-state index is 0.122. The molecule has 0 aliphatic carbocycles. The maximum absolute atomic E-state index is 5.93. The quantitative estimate of drug-likeness (QED) is 0.698. The first kappa shape index (κ1) is 9.30. The van der Waals surface area contributed by atoms with E-state index in [2.05, 4.69) is 6.58 Å². The molecule has 2 heteroatoms. The zero-order chi connectivity index (χ0) is 9.14. The molecule has 1 atom stereocenters. The van der Waals surface area contributed by atoms with E-state index in [4.69, 9.17) is 17.3 Å². The Morgan fingerprint density at radius 3 is 2.75 bits per heavy atom. The van der Waals surface area contributed by atoms with Gasteiger partial charge in [-0.15, -0.1) is 6.58 Å². The van der Waals surface area contributed by atoms with Crippen LogP contribution in [0.5, 0.6) is 0 Å². The van der Waals surface area contributed by atoms with Crippen molar-refractivity contribution in [1.82, 2.24) is 0 Å². The van der Waals surface area contributed by atoms with Gasteiger partial charge in [0, 0.05) is 11.1 Å². The smallest absolute Gasteiger partial charge is 0.0479 e. The van der Waals surface area contributed by atoms with Gasteiger partial charge in [0.05, 0.1) is 0 Å². The van der Waals surface area contributed by atoms with Crippen LogP contribution >= 0.6 is 11.6 Å². The molecular weight excluding hydrogens is 170 g/mol. The Bertz CT molecular complexity index is 294. The van der Waals surface area contributed by atoms with Gasteiger partial charge in [-0.25, -0.2) is 0 Å². The molecule has 0 aliphatic heterocycles. The van der Waals surface area contributed by atoms with Crippen LogP contribution < -0.4 is 5.73 Å². The van der Waals surface area contributed by atoms with Crippen LogP contribution in [-0.4, -0.2) is 0 Å². The van der Waals surface area contributed by atoms with Gasteiger partial charge in [-0.05, 0) is 24.1 Å². The fraction of sp³-hybridized carbons (Fsp3) is 0.200. The molecule has 1 rings (SSSR count). The fourth-order valence-corrected chi connectivity index (χ4v) is 1.14. The van der Waals surface area contributed by atoms with Crippen LogP contribution in [0, 0.1) is 6.92 Å². The van der Waals surface area contributed by atoms with Crippen LogP contribution in [0.25, 0.3) is 0 Å². The van der Waals surface area contributed by atoms with E-state index >= 15 is 0 Å². The first-order valence-electron chi connectivity index (χ1n) is 3.79. The van der Waals surface area contributed by atoms with Gasteiger partial charge in [0.15, 0.2) is 0 Å². The van der Waals surface area contributed by atoms with Crippen molar-refractivity contribution < 1.29 is 0 Å². The van der Waals surface area contributed by atoms with Gasteiger partial charge in [-0.1, -0.05) is 29.8 Å². The summed E-state index contributed by atoms with van der Waals surface area (Å²) in [6, 6.07) is 5.68. The summed E-state index contributed by atoms with van der Waals surface area (Å²) >= 11 is 5.93. The highest BCUT2D eigenvalue weighted by atomic mass is 35.5. The minimum atomic E-state index is -0.122. The van der Waals surface area contributed by atoms with E-state index in [9.17, 15) is 0 Å². The Morgan fingerprint density at radius 1 is 1.58 bits per heavy atom. The summed E-state index contributed by atoms with van der Waals surface area (Å²) in [7, 11) is 0. The SMILES string of the molecule is C=C[C@H](N)c1ccc(C)c(Cl)c1. The average molecular weight is 182 g/mol. The second kappa shape index (κ2) is 3.74. The zero-order valence-electron chi connectivity index (χ0n) is 7.05. The van der Waals surface area contributed by atoms with Crippen molar-refractivity contribution in [3.63, 3.8) is 0 Å². The molecule has 1 nitrogen and oxygen atoms in total. The van der Waals surface area contributed by atoms with Crippen molar-refractivity contribution in [2.45, 2.75) is 13.0 Å². The molecule has 0 aliphatic rings. The highest BCUT2D eigenvalue weighted by Gasteiger charge is 2.02. The van der Waals surface area contributed by atoms with Crippen molar-refractivity contribution in [3.05, 3.63) is 47.0 Å². The van der Waals surface area contributed by atoms with E-state index < -0.39 is 0 Å². The monoisotopic (exact) mass is 181 g/mol. The summed E-state index contributed by atoms with van der Waals surface area (Å²) in [5.74, 6) is 0. The predicted molar refractivity (Wildman–Crippen MR) is 53.3 cm³/mol. The molecule has 0 unspecified atom stereocenters. The summed E-state index contributed by atoms with van der Waals surface area (Å²) < 4.78 is 0. The van der Waals surface area contributed by atoms with Gasteiger partial charge in [-0.3, -0.25) is 0 Å². The van der Waals surface area contributed by atoms with Gasteiger partial charge in [-0.2, -0.15) is 0 Å². The van der Waals surface area contributed by atoms with Gasteiger partial charge < -0.3 is 5.73 Å². The van der Waals surface area contributed by atoms with E-state index in [1.807, 2.05) is 25.1 Å². The summed E-state index contributed by atoms with van der Waals surface area (Å²) in [5.41, 5.74) is 7.80. The maximum atomic E-state index is 5.93. The molecule has 0 amide bonds. The van der Waals surface area contributed by atoms with Crippen molar-refractivity contribution in [3.8, 4) is 0 Å². The zero-order valence-corrected chi connectivity index (χ0v) is 7.81. The number of aryl methyl sites for hydroxylation is 1. The lowest BCUT2D eigenvalue weighted by molar-refractivity contribution is 0.913. The molecule has 0 spiro atoms. The maximum Gasteiger partial charge on any atom is 0.0479 e. The van der Waals surface area contributed by atoms with Crippen LogP contribution in [-0.2, 0) is 0 Å². The van der Waals surface area contributed by atoms with Gasteiger partial charge in [0.1, 0.15) is 0 Å². The van der Waals surface area contributed by atoms with E-state index in [0.29, 0.717) is 0 Å². The molecular formula is C10H12ClN. The third kappa shape index (κ3) is 1.87. The van der Waals surface area contributed by atoms with E-state index in [1.165, 1.54) is 0 Å². The third-order valence-corrected chi connectivity index (χ3v) is 2.24. The van der Waals surface area contributed by atoms with Crippen LogP contribution in [0.15, 0.2) is 30.9 Å². The Hall–Kier alpha value is -0.790. The van der Waals surface area contributed by atoms with E-state index in [1.54, 1.807) is 6.08 Å². The number of benzene rings is 1. The Labute approximate surface area is 77.8 Å². The first-order chi connectivity index (χ1) is 5.65. The van der Waals surface area contributed by atoms with Gasteiger partial charge in [0.2, 0.25) is 0 Å². The Balaban J connectivity index is 3.04. The third-order valence-electron chi connectivity index (χ3n) is 1.83.